The van der Waals surface area contributed by atoms with Crippen LogP contribution in [0.2, 0.25) is 5.02 Å². The lowest BCUT2D eigenvalue weighted by Gasteiger charge is -2.35. The van der Waals surface area contributed by atoms with Gasteiger partial charge in [0.25, 0.3) is 0 Å². The second-order valence-electron chi connectivity index (χ2n) is 5.21. The Morgan fingerprint density at radius 3 is 3.05 bits per heavy atom. The topological polar surface area (TPSA) is 65.8 Å². The van der Waals surface area contributed by atoms with Crippen LogP contribution < -0.4 is 10.2 Å². The van der Waals surface area contributed by atoms with E-state index >= 15 is 0 Å². The van der Waals surface area contributed by atoms with E-state index in [1.165, 1.54) is 0 Å². The van der Waals surface area contributed by atoms with Gasteiger partial charge in [-0.05, 0) is 12.1 Å². The molecule has 1 unspecified atom stereocenters. The van der Waals surface area contributed by atoms with Crippen LogP contribution in [-0.4, -0.2) is 65.2 Å². The average Bonchev–Trinajstić information content (AvgIpc) is 2.89. The minimum atomic E-state index is -0.290. The number of carbonyl (C=O) groups is 1. The zero-order valence-electron chi connectivity index (χ0n) is 12.0. The second-order valence-corrected chi connectivity index (χ2v) is 5.64. The Morgan fingerprint density at radius 2 is 2.29 bits per heavy atom. The van der Waals surface area contributed by atoms with Crippen molar-refractivity contribution in [3.05, 3.63) is 23.4 Å². The fourth-order valence-electron chi connectivity index (χ4n) is 2.43. The predicted molar refractivity (Wildman–Crippen MR) is 80.7 cm³/mol. The number of likely N-dealkylation sites (N-methyl/N-ethyl adjacent to an activating group) is 1. The third-order valence-corrected chi connectivity index (χ3v) is 3.73. The van der Waals surface area contributed by atoms with E-state index in [4.69, 9.17) is 11.6 Å². The fraction of sp³-hybridized carbons (Fsp3) is 0.462. The molecule has 1 fully saturated rings. The van der Waals surface area contributed by atoms with Gasteiger partial charge in [0.2, 0.25) is 11.9 Å². The maximum absolute atomic E-state index is 12.3. The van der Waals surface area contributed by atoms with Crippen molar-refractivity contribution in [2.75, 3.05) is 38.6 Å². The molecule has 3 rings (SSSR count). The zero-order valence-corrected chi connectivity index (χ0v) is 12.7. The number of nitrogens with zero attached hydrogens (tertiary/aromatic N) is 5. The van der Waals surface area contributed by atoms with Crippen molar-refractivity contribution in [1.29, 1.82) is 0 Å². The molecule has 0 radical (unpaired) electrons. The largest absolute Gasteiger partial charge is 0.347 e. The number of halogens is 1. The van der Waals surface area contributed by atoms with Crippen molar-refractivity contribution in [1.82, 2.24) is 24.8 Å². The van der Waals surface area contributed by atoms with Gasteiger partial charge in [-0.2, -0.15) is 4.98 Å². The molecule has 1 atom stereocenters. The molecule has 1 N–H and O–H groups in total. The number of pyridine rings is 1. The number of anilines is 1. The molecule has 2 aromatic heterocycles. The fourth-order valence-corrected chi connectivity index (χ4v) is 2.59. The summed E-state index contributed by atoms with van der Waals surface area (Å²) in [7, 11) is 3.51. The molecule has 0 aromatic carbocycles. The highest BCUT2D eigenvalue weighted by Crippen LogP contribution is 2.18. The standard InChI is InChI=1S/C13H17ClN6O/c1-18(2)12(21)10-7-15-5-6-19(10)13-16-11-4-3-9(14)8-20(11)17-13/h3-4,8,10,15H,5-7H2,1-2H3. The Kier molecular flexibility index (Phi) is 3.69. The van der Waals surface area contributed by atoms with E-state index < -0.39 is 0 Å². The van der Waals surface area contributed by atoms with Crippen molar-refractivity contribution in [3.63, 3.8) is 0 Å². The second kappa shape index (κ2) is 5.50. The van der Waals surface area contributed by atoms with Gasteiger partial charge in [-0.1, -0.05) is 11.6 Å². The molecule has 3 heterocycles. The summed E-state index contributed by atoms with van der Waals surface area (Å²) in [5.41, 5.74) is 0.712. The summed E-state index contributed by atoms with van der Waals surface area (Å²) < 4.78 is 1.64. The smallest absolute Gasteiger partial charge is 0.246 e. The van der Waals surface area contributed by atoms with E-state index in [0.717, 1.165) is 6.54 Å². The van der Waals surface area contributed by atoms with Gasteiger partial charge in [-0.3, -0.25) is 4.79 Å². The summed E-state index contributed by atoms with van der Waals surface area (Å²) in [6.45, 7) is 2.08. The van der Waals surface area contributed by atoms with Gasteiger partial charge < -0.3 is 15.1 Å². The van der Waals surface area contributed by atoms with Crippen LogP contribution in [0.25, 0.3) is 5.65 Å². The number of carbonyl (C=O) groups excluding carboxylic acids is 1. The maximum atomic E-state index is 12.3. The predicted octanol–water partition coefficient (Wildman–Crippen LogP) is 0.249. The molecule has 0 saturated carbocycles. The number of amides is 1. The molecular weight excluding hydrogens is 292 g/mol. The van der Waals surface area contributed by atoms with Crippen molar-refractivity contribution in [2.45, 2.75) is 6.04 Å². The van der Waals surface area contributed by atoms with Crippen molar-refractivity contribution in [2.24, 2.45) is 0 Å². The van der Waals surface area contributed by atoms with E-state index in [2.05, 4.69) is 15.4 Å². The molecule has 0 spiro atoms. The molecule has 0 bridgehead atoms. The maximum Gasteiger partial charge on any atom is 0.246 e. The van der Waals surface area contributed by atoms with E-state index in [9.17, 15) is 4.79 Å². The Labute approximate surface area is 127 Å². The number of fused-ring (bicyclic) bond motifs is 1. The highest BCUT2D eigenvalue weighted by atomic mass is 35.5. The first kappa shape index (κ1) is 14.1. The van der Waals surface area contributed by atoms with Gasteiger partial charge in [-0.15, -0.1) is 5.10 Å². The minimum Gasteiger partial charge on any atom is -0.347 e. The lowest BCUT2D eigenvalue weighted by molar-refractivity contribution is -0.130. The summed E-state index contributed by atoms with van der Waals surface area (Å²) in [6, 6.07) is 3.29. The molecular formula is C13H17ClN6O. The van der Waals surface area contributed by atoms with Crippen LogP contribution in [0.5, 0.6) is 0 Å². The third-order valence-electron chi connectivity index (χ3n) is 3.51. The quantitative estimate of drug-likeness (QED) is 0.861. The molecule has 2 aromatic rings. The molecule has 0 aliphatic carbocycles. The molecule has 1 aliphatic heterocycles. The number of aromatic nitrogens is 3. The molecule has 1 aliphatic rings. The van der Waals surface area contributed by atoms with Gasteiger partial charge in [0, 0.05) is 39.9 Å². The van der Waals surface area contributed by atoms with Gasteiger partial charge >= 0.3 is 0 Å². The summed E-state index contributed by atoms with van der Waals surface area (Å²) in [4.78, 5) is 20.3. The zero-order chi connectivity index (χ0) is 15.0. The van der Waals surface area contributed by atoms with E-state index in [-0.39, 0.29) is 11.9 Å². The van der Waals surface area contributed by atoms with Gasteiger partial charge in [0.05, 0.1) is 5.02 Å². The monoisotopic (exact) mass is 308 g/mol. The number of rotatable bonds is 2. The van der Waals surface area contributed by atoms with E-state index in [1.54, 1.807) is 35.8 Å². The Hall–Kier alpha value is -1.86. The minimum absolute atomic E-state index is 0.0408. The molecule has 1 amide bonds. The normalized spacial score (nSPS) is 19.0. The first-order chi connectivity index (χ1) is 10.1. The van der Waals surface area contributed by atoms with Crippen molar-refractivity contribution >= 4 is 29.1 Å². The SMILES string of the molecule is CN(C)C(=O)C1CNCCN1c1nc2ccc(Cl)cn2n1. The molecule has 1 saturated heterocycles. The summed E-state index contributed by atoms with van der Waals surface area (Å²) >= 11 is 5.96. The van der Waals surface area contributed by atoms with Gasteiger partial charge in [0.1, 0.15) is 6.04 Å². The summed E-state index contributed by atoms with van der Waals surface area (Å²) in [6.07, 6.45) is 1.71. The van der Waals surface area contributed by atoms with Crippen molar-refractivity contribution < 1.29 is 4.79 Å². The number of hydrogen-bond acceptors (Lipinski definition) is 5. The van der Waals surface area contributed by atoms with Crippen LogP contribution in [0.3, 0.4) is 0 Å². The van der Waals surface area contributed by atoms with Crippen LogP contribution in [0.1, 0.15) is 0 Å². The Bertz CT molecular complexity index is 670. The summed E-state index contributed by atoms with van der Waals surface area (Å²) in [5.74, 6) is 0.595. The van der Waals surface area contributed by atoms with Crippen LogP contribution in [0.4, 0.5) is 5.95 Å². The van der Waals surface area contributed by atoms with Gasteiger partial charge in [0.15, 0.2) is 5.65 Å². The number of nitrogens with one attached hydrogen (secondary N) is 1. The first-order valence-electron chi connectivity index (χ1n) is 6.77. The number of hydrogen-bond donors (Lipinski definition) is 1. The highest BCUT2D eigenvalue weighted by molar-refractivity contribution is 6.30. The van der Waals surface area contributed by atoms with Crippen LogP contribution in [0.15, 0.2) is 18.3 Å². The molecule has 8 heteroatoms. The highest BCUT2D eigenvalue weighted by Gasteiger charge is 2.32. The van der Waals surface area contributed by atoms with E-state index in [1.807, 2.05) is 11.0 Å². The first-order valence-corrected chi connectivity index (χ1v) is 7.14. The van der Waals surface area contributed by atoms with Crippen LogP contribution in [-0.2, 0) is 4.79 Å². The lowest BCUT2D eigenvalue weighted by Crippen LogP contribution is -2.58. The molecule has 112 valence electrons. The lowest BCUT2D eigenvalue weighted by atomic mass is 10.2. The average molecular weight is 309 g/mol. The molecule has 21 heavy (non-hydrogen) atoms. The van der Waals surface area contributed by atoms with Crippen molar-refractivity contribution in [3.8, 4) is 0 Å². The van der Waals surface area contributed by atoms with E-state index in [0.29, 0.717) is 29.7 Å². The van der Waals surface area contributed by atoms with Gasteiger partial charge in [-0.25, -0.2) is 4.52 Å². The third kappa shape index (κ3) is 2.66. The molecule has 7 nitrogen and oxygen atoms in total. The number of piperazine rings is 1. The van der Waals surface area contributed by atoms with Crippen LogP contribution >= 0.6 is 11.6 Å². The van der Waals surface area contributed by atoms with Crippen LogP contribution in [0, 0.1) is 0 Å². The Morgan fingerprint density at radius 1 is 1.48 bits per heavy atom. The Balaban J connectivity index is 1.96. The summed E-state index contributed by atoms with van der Waals surface area (Å²) in [5, 5.41) is 8.28.